The summed E-state index contributed by atoms with van der Waals surface area (Å²) in [5, 5.41) is 0.978. The molecule has 0 atom stereocenters. The number of fused-ring (bicyclic) bond motifs is 2. The van der Waals surface area contributed by atoms with Crippen molar-refractivity contribution >= 4 is 16.8 Å². The fourth-order valence-electron chi connectivity index (χ4n) is 2.79. The number of carbonyl (C=O) groups is 1. The van der Waals surface area contributed by atoms with E-state index in [1.54, 1.807) is 6.20 Å². The zero-order valence-corrected chi connectivity index (χ0v) is 10.9. The fraction of sp³-hybridized carbons (Fsp3) is 0.200. The fourth-order valence-corrected chi connectivity index (χ4v) is 2.79. The zero-order chi connectivity index (χ0) is 13.5. The summed E-state index contributed by atoms with van der Waals surface area (Å²) in [5.74, 6) is 1.02. The number of hydrogen-bond acceptors (Lipinski definition) is 2. The molecule has 0 saturated carbocycles. The number of H-pyrrole nitrogens is 1. The third-order valence-corrected chi connectivity index (χ3v) is 3.86. The standard InChI is InChI=1S/C15H14N4O/c20-15(12-2-1-3-13-11(12)4-5-16-13)19-9-8-18-7-6-17-14(18)10-19/h1-7,16H,8-10H2. The van der Waals surface area contributed by atoms with E-state index in [2.05, 4.69) is 14.5 Å². The predicted molar refractivity (Wildman–Crippen MR) is 75.3 cm³/mol. The summed E-state index contributed by atoms with van der Waals surface area (Å²) in [6.07, 6.45) is 5.62. The molecule has 2 aromatic heterocycles. The topological polar surface area (TPSA) is 53.9 Å². The Morgan fingerprint density at radius 3 is 3.15 bits per heavy atom. The van der Waals surface area contributed by atoms with Gasteiger partial charge < -0.3 is 14.5 Å². The Bertz CT molecular complexity index is 786. The van der Waals surface area contributed by atoms with Crippen molar-refractivity contribution in [1.29, 1.82) is 0 Å². The molecule has 0 spiro atoms. The number of aromatic nitrogens is 3. The first kappa shape index (κ1) is 11.3. The normalized spacial score (nSPS) is 14.5. The summed E-state index contributed by atoms with van der Waals surface area (Å²) in [4.78, 5) is 22.0. The average Bonchev–Trinajstić information content (AvgIpc) is 3.13. The van der Waals surface area contributed by atoms with Crippen molar-refractivity contribution in [3.8, 4) is 0 Å². The molecule has 5 nitrogen and oxygen atoms in total. The molecule has 100 valence electrons. The molecular formula is C15H14N4O. The lowest BCUT2D eigenvalue weighted by atomic mass is 10.1. The number of carbonyl (C=O) groups excluding carboxylic acids is 1. The highest BCUT2D eigenvalue weighted by molar-refractivity contribution is 6.06. The van der Waals surface area contributed by atoms with Gasteiger partial charge in [0, 0.05) is 48.1 Å². The number of imidazole rings is 1. The van der Waals surface area contributed by atoms with Gasteiger partial charge in [-0.1, -0.05) is 6.07 Å². The number of nitrogens with zero attached hydrogens (tertiary/aromatic N) is 3. The molecular weight excluding hydrogens is 252 g/mol. The van der Waals surface area contributed by atoms with E-state index in [0.717, 1.165) is 35.4 Å². The number of aromatic amines is 1. The number of benzene rings is 1. The largest absolute Gasteiger partial charge is 0.361 e. The van der Waals surface area contributed by atoms with Gasteiger partial charge in [0.15, 0.2) is 0 Å². The molecule has 1 aliphatic heterocycles. The van der Waals surface area contributed by atoms with Crippen LogP contribution in [0.5, 0.6) is 0 Å². The van der Waals surface area contributed by atoms with Crippen LogP contribution >= 0.6 is 0 Å². The van der Waals surface area contributed by atoms with Gasteiger partial charge in [0.25, 0.3) is 5.91 Å². The predicted octanol–water partition coefficient (Wildman–Crippen LogP) is 2.02. The van der Waals surface area contributed by atoms with Gasteiger partial charge in [-0.15, -0.1) is 0 Å². The van der Waals surface area contributed by atoms with Crippen LogP contribution in [-0.4, -0.2) is 31.9 Å². The van der Waals surface area contributed by atoms with Crippen molar-refractivity contribution in [2.45, 2.75) is 13.1 Å². The van der Waals surface area contributed by atoms with Crippen molar-refractivity contribution in [3.05, 3.63) is 54.2 Å². The third kappa shape index (κ3) is 1.63. The molecule has 3 heterocycles. The maximum Gasteiger partial charge on any atom is 0.255 e. The summed E-state index contributed by atoms with van der Waals surface area (Å²) in [6.45, 7) is 2.11. The van der Waals surface area contributed by atoms with Gasteiger partial charge in [-0.2, -0.15) is 0 Å². The van der Waals surface area contributed by atoms with Crippen molar-refractivity contribution in [2.24, 2.45) is 0 Å². The summed E-state index contributed by atoms with van der Waals surface area (Å²) >= 11 is 0. The van der Waals surface area contributed by atoms with E-state index in [0.29, 0.717) is 6.54 Å². The van der Waals surface area contributed by atoms with E-state index in [9.17, 15) is 4.79 Å². The van der Waals surface area contributed by atoms with Gasteiger partial charge in [0.05, 0.1) is 6.54 Å². The lowest BCUT2D eigenvalue weighted by Crippen LogP contribution is -2.38. The first-order valence-electron chi connectivity index (χ1n) is 6.68. The van der Waals surface area contributed by atoms with Gasteiger partial charge in [0.2, 0.25) is 0 Å². The van der Waals surface area contributed by atoms with Gasteiger partial charge in [0.1, 0.15) is 5.82 Å². The van der Waals surface area contributed by atoms with Crippen LogP contribution in [-0.2, 0) is 13.1 Å². The minimum atomic E-state index is 0.0736. The van der Waals surface area contributed by atoms with Crippen LogP contribution in [0.15, 0.2) is 42.9 Å². The molecule has 5 heteroatoms. The van der Waals surface area contributed by atoms with Crippen molar-refractivity contribution in [3.63, 3.8) is 0 Å². The number of rotatable bonds is 1. The van der Waals surface area contributed by atoms with Crippen molar-refractivity contribution < 1.29 is 4.79 Å². The van der Waals surface area contributed by atoms with Gasteiger partial charge in [-0.25, -0.2) is 4.98 Å². The number of nitrogens with one attached hydrogen (secondary N) is 1. The minimum Gasteiger partial charge on any atom is -0.361 e. The van der Waals surface area contributed by atoms with E-state index in [-0.39, 0.29) is 5.91 Å². The summed E-state index contributed by atoms with van der Waals surface area (Å²) < 4.78 is 2.10. The Labute approximate surface area is 115 Å². The first-order chi connectivity index (χ1) is 9.83. The highest BCUT2D eigenvalue weighted by Crippen LogP contribution is 2.21. The lowest BCUT2D eigenvalue weighted by Gasteiger charge is -2.28. The zero-order valence-electron chi connectivity index (χ0n) is 10.9. The molecule has 1 aliphatic rings. The highest BCUT2D eigenvalue weighted by atomic mass is 16.2. The number of hydrogen-bond donors (Lipinski definition) is 1. The molecule has 1 N–H and O–H groups in total. The smallest absolute Gasteiger partial charge is 0.255 e. The summed E-state index contributed by atoms with van der Waals surface area (Å²) in [7, 11) is 0. The van der Waals surface area contributed by atoms with Crippen LogP contribution in [0.3, 0.4) is 0 Å². The van der Waals surface area contributed by atoms with E-state index < -0.39 is 0 Å². The van der Waals surface area contributed by atoms with E-state index >= 15 is 0 Å². The maximum atomic E-state index is 12.7. The van der Waals surface area contributed by atoms with Crippen molar-refractivity contribution in [2.75, 3.05) is 6.54 Å². The monoisotopic (exact) mass is 266 g/mol. The molecule has 0 fully saturated rings. The van der Waals surface area contributed by atoms with Gasteiger partial charge >= 0.3 is 0 Å². The second-order valence-electron chi connectivity index (χ2n) is 5.01. The van der Waals surface area contributed by atoms with Gasteiger partial charge in [-0.3, -0.25) is 4.79 Å². The number of amides is 1. The molecule has 4 rings (SSSR count). The average molecular weight is 266 g/mol. The van der Waals surface area contributed by atoms with Crippen LogP contribution in [0.25, 0.3) is 10.9 Å². The molecule has 0 aliphatic carbocycles. The first-order valence-corrected chi connectivity index (χ1v) is 6.68. The molecule has 1 aromatic carbocycles. The Kier molecular flexibility index (Phi) is 2.39. The molecule has 0 saturated heterocycles. The Morgan fingerprint density at radius 2 is 2.20 bits per heavy atom. The molecule has 1 amide bonds. The SMILES string of the molecule is O=C(c1cccc2[nH]ccc12)N1CCn2ccnc2C1. The van der Waals surface area contributed by atoms with E-state index in [1.165, 1.54) is 0 Å². The molecule has 20 heavy (non-hydrogen) atoms. The molecule has 0 bridgehead atoms. The van der Waals surface area contributed by atoms with Crippen LogP contribution in [0.1, 0.15) is 16.2 Å². The van der Waals surface area contributed by atoms with Crippen molar-refractivity contribution in [1.82, 2.24) is 19.4 Å². The Morgan fingerprint density at radius 1 is 1.25 bits per heavy atom. The second-order valence-corrected chi connectivity index (χ2v) is 5.01. The van der Waals surface area contributed by atoms with Gasteiger partial charge in [-0.05, 0) is 18.2 Å². The van der Waals surface area contributed by atoms with Crippen LogP contribution in [0.2, 0.25) is 0 Å². The Balaban J connectivity index is 1.70. The van der Waals surface area contributed by atoms with Crippen LogP contribution < -0.4 is 0 Å². The summed E-state index contributed by atoms with van der Waals surface area (Å²) in [6, 6.07) is 7.74. The summed E-state index contributed by atoms with van der Waals surface area (Å²) in [5.41, 5.74) is 1.75. The Hall–Kier alpha value is -2.56. The molecule has 0 radical (unpaired) electrons. The van der Waals surface area contributed by atoms with E-state index in [4.69, 9.17) is 0 Å². The van der Waals surface area contributed by atoms with Crippen LogP contribution in [0, 0.1) is 0 Å². The quantitative estimate of drug-likeness (QED) is 0.732. The molecule has 3 aromatic rings. The maximum absolute atomic E-state index is 12.7. The highest BCUT2D eigenvalue weighted by Gasteiger charge is 2.23. The minimum absolute atomic E-state index is 0.0736. The second kappa shape index (κ2) is 4.23. The molecule has 0 unspecified atom stereocenters. The third-order valence-electron chi connectivity index (χ3n) is 3.86. The van der Waals surface area contributed by atoms with Crippen LogP contribution in [0.4, 0.5) is 0 Å². The van der Waals surface area contributed by atoms with E-state index in [1.807, 2.05) is 41.6 Å². The lowest BCUT2D eigenvalue weighted by molar-refractivity contribution is 0.0709.